The van der Waals surface area contributed by atoms with Crippen LogP contribution in [0.4, 0.5) is 0 Å². The van der Waals surface area contributed by atoms with Gasteiger partial charge in [-0.25, -0.2) is 0 Å². The predicted molar refractivity (Wildman–Crippen MR) is 321 cm³/mol. The zero-order valence-corrected chi connectivity index (χ0v) is 47.6. The van der Waals surface area contributed by atoms with Gasteiger partial charge in [-0.2, -0.15) is 0 Å². The number of nitrogens with zero attached hydrogens (tertiary/aromatic N) is 5. The van der Waals surface area contributed by atoms with Crippen LogP contribution >= 0.6 is 0 Å². The number of likely N-dealkylation sites (tertiary alicyclic amines) is 3. The topological polar surface area (TPSA) is 86.6 Å². The maximum atomic E-state index is 13.6. The summed E-state index contributed by atoms with van der Waals surface area (Å²) in [5.74, 6) is 5.56. The molecule has 6 saturated carbocycles. The van der Waals surface area contributed by atoms with E-state index in [1.807, 2.05) is 0 Å². The number of hydrogen-bond acceptors (Lipinski definition) is 3. The van der Waals surface area contributed by atoms with Crippen LogP contribution in [0.2, 0.25) is 0 Å². The van der Waals surface area contributed by atoms with Gasteiger partial charge in [-0.3, -0.25) is 14.4 Å². The summed E-state index contributed by atoms with van der Waals surface area (Å²) in [6.45, 7) is 3.86. The third-order valence-corrected chi connectivity index (χ3v) is 21.7. The summed E-state index contributed by atoms with van der Waals surface area (Å²) in [4.78, 5) is 50.2. The molecule has 80 heavy (non-hydrogen) atoms. The van der Waals surface area contributed by atoms with Gasteiger partial charge in [0, 0.05) is 120 Å². The molecule has 3 aromatic heterocycles. The molecule has 6 heterocycles. The maximum Gasteiger partial charge on any atom is 0.226 e. The van der Waals surface area contributed by atoms with Crippen molar-refractivity contribution < 1.29 is 14.4 Å². The summed E-state index contributed by atoms with van der Waals surface area (Å²) in [6, 6.07) is 38.0. The number of nitrogens with one attached hydrogen (secondary N) is 1. The van der Waals surface area contributed by atoms with E-state index in [0.29, 0.717) is 53.6 Å². The fourth-order valence-corrected chi connectivity index (χ4v) is 17.3. The molecule has 0 spiro atoms. The number of aromatic nitrogens is 3. The Balaban J connectivity index is 0.000000109. The first-order chi connectivity index (χ1) is 39.4. The highest BCUT2D eigenvalue weighted by Gasteiger charge is 2.52. The predicted octanol–water partition coefficient (Wildman–Crippen LogP) is 14.9. The van der Waals surface area contributed by atoms with E-state index < -0.39 is 0 Å². The Bertz CT molecular complexity index is 3340. The van der Waals surface area contributed by atoms with Crippen molar-refractivity contribution in [2.45, 2.75) is 177 Å². The SMILES string of the molecule is Cn1cc(C2CC2C(=O)N2CCCC3CCCCC32)c2ccccc21.O=C(C1CC1c1c[nH]c2ccccc12)N1CCCC2CCCCC21.O=C(C1CC1c1cn(Cc2ccccc2)c2ccccc12)N1CCCC2CCCCC21. The van der Waals surface area contributed by atoms with Crippen molar-refractivity contribution >= 4 is 50.4 Å². The molecule has 1 N–H and O–H groups in total. The largest absolute Gasteiger partial charge is 0.361 e. The second-order valence-electron chi connectivity index (χ2n) is 26.4. The van der Waals surface area contributed by atoms with Crippen LogP contribution in [0.1, 0.15) is 175 Å². The Morgan fingerprint density at radius 1 is 0.438 bits per heavy atom. The molecule has 3 saturated heterocycles. The van der Waals surface area contributed by atoms with Gasteiger partial charge in [0.15, 0.2) is 0 Å². The van der Waals surface area contributed by atoms with Crippen LogP contribution in [0, 0.1) is 35.5 Å². The number of rotatable bonds is 8. The summed E-state index contributed by atoms with van der Waals surface area (Å²) in [5, 5.41) is 3.96. The number of carbonyl (C=O) groups excluding carboxylic acids is 3. The van der Waals surface area contributed by atoms with E-state index in [1.165, 1.54) is 171 Å². The molecular weight excluding hydrogens is 985 g/mol. The second-order valence-corrected chi connectivity index (χ2v) is 26.4. The highest BCUT2D eigenvalue weighted by molar-refractivity contribution is 5.91. The maximum absolute atomic E-state index is 13.6. The summed E-state index contributed by atoms with van der Waals surface area (Å²) < 4.78 is 4.58. The lowest BCUT2D eigenvalue weighted by Crippen LogP contribution is -2.50. The zero-order valence-electron chi connectivity index (χ0n) is 47.6. The van der Waals surface area contributed by atoms with Crippen LogP contribution in [-0.4, -0.2) is 84.3 Å². The number of aryl methyl sites for hydroxylation is 1. The van der Waals surface area contributed by atoms with Crippen LogP contribution in [0.25, 0.3) is 32.7 Å². The fraction of sp³-hybridized carbons (Fsp3) is 0.535. The van der Waals surface area contributed by atoms with Gasteiger partial charge in [0.25, 0.3) is 0 Å². The number of piperidine rings is 3. The van der Waals surface area contributed by atoms with Gasteiger partial charge in [0.05, 0.1) is 0 Å². The average molecular weight is 1070 g/mol. The minimum atomic E-state index is 0.191. The number of carbonyl (C=O) groups is 3. The van der Waals surface area contributed by atoms with Crippen LogP contribution in [-0.2, 0) is 28.0 Å². The van der Waals surface area contributed by atoms with Crippen molar-refractivity contribution in [3.8, 4) is 0 Å². The molecule has 4 aromatic carbocycles. The number of H-pyrrole nitrogens is 1. The molecular formula is C71H86N6O3. The first kappa shape index (κ1) is 52.0. The smallest absolute Gasteiger partial charge is 0.226 e. The van der Waals surface area contributed by atoms with Crippen LogP contribution in [0.15, 0.2) is 122 Å². The molecule has 12 atom stereocenters. The normalized spacial score (nSPS) is 30.5. The van der Waals surface area contributed by atoms with Crippen molar-refractivity contribution in [2.24, 2.45) is 42.6 Å². The number of benzene rings is 4. The van der Waals surface area contributed by atoms with Gasteiger partial charge in [-0.15, -0.1) is 0 Å². The average Bonchev–Trinajstić information content (AvgIpc) is 4.66. The summed E-state index contributed by atoms with van der Waals surface area (Å²) in [5.41, 5.74) is 9.17. The Labute approximate surface area is 474 Å². The molecule has 6 aliphatic carbocycles. The third kappa shape index (κ3) is 10.1. The molecule has 9 nitrogen and oxygen atoms in total. The Hall–Kier alpha value is -6.09. The van der Waals surface area contributed by atoms with E-state index in [2.05, 4.69) is 158 Å². The molecule has 0 radical (unpaired) electrons. The first-order valence-electron chi connectivity index (χ1n) is 32.0. The molecule has 9 aliphatic rings. The molecule has 3 aliphatic heterocycles. The minimum Gasteiger partial charge on any atom is -0.361 e. The molecule has 418 valence electrons. The summed E-state index contributed by atoms with van der Waals surface area (Å²) in [7, 11) is 2.11. The van der Waals surface area contributed by atoms with Crippen LogP contribution < -0.4 is 0 Å². The Morgan fingerprint density at radius 3 is 1.39 bits per heavy atom. The van der Waals surface area contributed by atoms with Crippen molar-refractivity contribution in [2.75, 3.05) is 19.6 Å². The van der Waals surface area contributed by atoms with Crippen molar-refractivity contribution in [3.63, 3.8) is 0 Å². The Kier molecular flexibility index (Phi) is 14.5. The monoisotopic (exact) mass is 1070 g/mol. The molecule has 12 unspecified atom stereocenters. The lowest BCUT2D eigenvalue weighted by atomic mass is 9.78. The number of aromatic amines is 1. The van der Waals surface area contributed by atoms with E-state index >= 15 is 0 Å². The lowest BCUT2D eigenvalue weighted by Gasteiger charge is -2.44. The van der Waals surface area contributed by atoms with Crippen molar-refractivity contribution in [1.82, 2.24) is 28.8 Å². The van der Waals surface area contributed by atoms with E-state index in [0.717, 1.165) is 63.2 Å². The number of para-hydroxylation sites is 3. The molecule has 7 aromatic rings. The standard InChI is InChI=1S/C28H32N2O.C22H28N2O.C21H26N2O/c31-28(30-16-8-12-21-11-4-6-14-26(21)30)24-17-23(24)25-19-29(18-20-9-2-1-3-10-20)27-15-7-5-13-22(25)27;1-23-14-19(16-9-3-5-11-21(16)23)17-13-18(17)22(25)24-12-6-8-15-7-2-4-10-20(15)24;24-21(23-11-5-7-14-6-1-4-10-20(14)23)17-12-16(17)18-13-22-19-9-3-2-8-15(18)19/h1-3,5,7,9-10,13,15,19,21,23-24,26H,4,6,8,11-12,14,16-18H2;3,5,9,11,14-15,17-18,20H,2,4,6-8,10,12-13H2,1H3;2-3,8-9,13-14,16-17,20,22H,1,4-7,10-12H2. The fourth-order valence-electron chi connectivity index (χ4n) is 17.3. The number of amides is 3. The van der Waals surface area contributed by atoms with E-state index in [4.69, 9.17) is 0 Å². The highest BCUT2D eigenvalue weighted by atomic mass is 16.2. The van der Waals surface area contributed by atoms with Crippen molar-refractivity contribution in [1.29, 1.82) is 0 Å². The van der Waals surface area contributed by atoms with E-state index in [1.54, 1.807) is 0 Å². The third-order valence-electron chi connectivity index (χ3n) is 21.7. The zero-order chi connectivity index (χ0) is 53.8. The van der Waals surface area contributed by atoms with E-state index in [9.17, 15) is 14.4 Å². The second kappa shape index (κ2) is 22.3. The van der Waals surface area contributed by atoms with Gasteiger partial charge in [-0.05, 0) is 172 Å². The highest BCUT2D eigenvalue weighted by Crippen LogP contribution is 2.55. The van der Waals surface area contributed by atoms with Crippen LogP contribution in [0.5, 0.6) is 0 Å². The van der Waals surface area contributed by atoms with Gasteiger partial charge in [0.1, 0.15) is 0 Å². The van der Waals surface area contributed by atoms with Crippen molar-refractivity contribution in [3.05, 3.63) is 144 Å². The number of hydrogen-bond donors (Lipinski definition) is 1. The van der Waals surface area contributed by atoms with Crippen LogP contribution in [0.3, 0.4) is 0 Å². The molecule has 16 rings (SSSR count). The first-order valence-corrected chi connectivity index (χ1v) is 32.0. The molecule has 3 amide bonds. The van der Waals surface area contributed by atoms with E-state index in [-0.39, 0.29) is 17.8 Å². The summed E-state index contributed by atoms with van der Waals surface area (Å²) >= 11 is 0. The van der Waals surface area contributed by atoms with Gasteiger partial charge < -0.3 is 28.8 Å². The van der Waals surface area contributed by atoms with Gasteiger partial charge in [0.2, 0.25) is 17.7 Å². The quantitative estimate of drug-likeness (QED) is 0.164. The summed E-state index contributed by atoms with van der Waals surface area (Å²) in [6.07, 6.45) is 33.1. The molecule has 0 bridgehead atoms. The lowest BCUT2D eigenvalue weighted by molar-refractivity contribution is -0.139. The van der Waals surface area contributed by atoms with Gasteiger partial charge in [-0.1, -0.05) is 123 Å². The minimum absolute atomic E-state index is 0.191. The van der Waals surface area contributed by atoms with Gasteiger partial charge >= 0.3 is 0 Å². The molecule has 9 fully saturated rings. The Morgan fingerprint density at radius 2 is 0.850 bits per heavy atom. The molecule has 9 heteroatoms. The number of fused-ring (bicyclic) bond motifs is 6.